The van der Waals surface area contributed by atoms with Gasteiger partial charge in [-0.05, 0) is 77.4 Å². The highest BCUT2D eigenvalue weighted by Crippen LogP contribution is 2.58. The molecule has 19 nitrogen and oxygen atoms in total. The second kappa shape index (κ2) is 18.8. The van der Waals surface area contributed by atoms with Crippen LogP contribution in [0.1, 0.15) is 50.8 Å². The van der Waals surface area contributed by atoms with Crippen molar-refractivity contribution in [1.29, 1.82) is 0 Å². The lowest BCUT2D eigenvalue weighted by Crippen LogP contribution is -2.37. The Bertz CT molecular complexity index is 3130. The van der Waals surface area contributed by atoms with E-state index in [-0.39, 0.29) is 48.4 Å². The van der Waals surface area contributed by atoms with Crippen molar-refractivity contribution in [1.82, 2.24) is 30.2 Å². The summed E-state index contributed by atoms with van der Waals surface area (Å²) < 4.78 is 13.2. The molecule has 2 aromatic heterocycles. The molecule has 0 saturated carbocycles. The summed E-state index contributed by atoms with van der Waals surface area (Å²) >= 11 is 5.53. The highest BCUT2D eigenvalue weighted by atomic mass is 32.1. The summed E-state index contributed by atoms with van der Waals surface area (Å²) in [5, 5.41) is 66.1. The number of rotatable bonds is 13. The van der Waals surface area contributed by atoms with Crippen LogP contribution >= 0.6 is 12.2 Å². The molecule has 356 valence electrons. The molecule has 4 heterocycles. The number of nitrogens with one attached hydrogen (secondary N) is 5. The van der Waals surface area contributed by atoms with Crippen molar-refractivity contribution in [3.63, 3.8) is 0 Å². The third-order valence-corrected chi connectivity index (χ3v) is 12.8. The van der Waals surface area contributed by atoms with E-state index in [4.69, 9.17) is 21.7 Å². The number of carbonyl (C=O) groups excluding carboxylic acids is 3. The van der Waals surface area contributed by atoms with Gasteiger partial charge in [0.05, 0.1) is 31.2 Å². The van der Waals surface area contributed by atoms with Crippen LogP contribution in [0, 0.1) is 0 Å². The first-order valence-electron chi connectivity index (χ1n) is 22.3. The van der Waals surface area contributed by atoms with E-state index >= 15 is 0 Å². The van der Waals surface area contributed by atoms with Crippen LogP contribution < -0.4 is 31.3 Å². The monoisotopic (exact) mass is 963 g/mol. The molecule has 0 bridgehead atoms. The zero-order chi connectivity index (χ0) is 48.7. The summed E-state index contributed by atoms with van der Waals surface area (Å²) in [6, 6.07) is 29.4. The Morgan fingerprint density at radius 3 is 2.03 bits per heavy atom. The lowest BCUT2D eigenvalue weighted by Gasteiger charge is -2.37. The summed E-state index contributed by atoms with van der Waals surface area (Å²) in [5.74, 6) is 0.732. The van der Waals surface area contributed by atoms with Crippen molar-refractivity contribution in [2.24, 2.45) is 0 Å². The number of phenols is 2. The molecule has 3 aliphatic rings. The number of hydrogen-bond acceptors (Lipinski definition) is 15. The number of fused-ring (bicyclic) bond motifs is 7. The minimum absolute atomic E-state index is 0.0173. The first-order valence-corrected chi connectivity index (χ1v) is 22.7. The Kier molecular flexibility index (Phi) is 12.3. The van der Waals surface area contributed by atoms with Crippen LogP contribution in [0.25, 0.3) is 11.2 Å². The second-order valence-corrected chi connectivity index (χ2v) is 17.6. The van der Waals surface area contributed by atoms with E-state index in [0.29, 0.717) is 69.3 Å². The van der Waals surface area contributed by atoms with Gasteiger partial charge in [-0.3, -0.25) is 19.0 Å². The SMILES string of the molecule is O=C(Cc1ccc(NC(=O)Cc2ccc(Nc3ncnc4c3ncn4C3O[C@H](CO)[C@@H](O)[C@H]3O)cc2)cc1)NCCNC(=S)Nc1ccc2c(c1)C(=O)CC21c2ccc(O)cc2Oc2cc(O)ccc21. The first kappa shape index (κ1) is 45.8. The average molecular weight is 964 g/mol. The molecule has 2 aliphatic heterocycles. The molecule has 0 radical (unpaired) electrons. The maximum atomic E-state index is 13.7. The predicted octanol–water partition coefficient (Wildman–Crippen LogP) is 4.45. The average Bonchev–Trinajstić information content (AvgIpc) is 3.99. The number of aliphatic hydroxyl groups excluding tert-OH is 3. The van der Waals surface area contributed by atoms with Gasteiger partial charge in [0.2, 0.25) is 11.8 Å². The Morgan fingerprint density at radius 1 is 0.729 bits per heavy atom. The van der Waals surface area contributed by atoms with E-state index in [2.05, 4.69) is 41.5 Å². The van der Waals surface area contributed by atoms with E-state index in [1.54, 1.807) is 78.9 Å². The minimum atomic E-state index is -1.30. The normalized spacial score (nSPS) is 18.4. The Balaban J connectivity index is 0.669. The number of hydrogen-bond donors (Lipinski definition) is 10. The third kappa shape index (κ3) is 8.80. The molecular formula is C50H45N9O10S. The van der Waals surface area contributed by atoms with Crippen LogP contribution in [-0.4, -0.2) is 106 Å². The number of ketones is 1. The molecular weight excluding hydrogens is 919 g/mol. The number of aliphatic hydroxyl groups is 3. The molecule has 1 aliphatic carbocycles. The van der Waals surface area contributed by atoms with Gasteiger partial charge in [0, 0.05) is 65.4 Å². The van der Waals surface area contributed by atoms with Gasteiger partial charge < -0.3 is 61.6 Å². The Hall–Kier alpha value is -8.01. The number of amides is 2. The van der Waals surface area contributed by atoms with Crippen molar-refractivity contribution >= 4 is 69.0 Å². The van der Waals surface area contributed by atoms with Crippen molar-refractivity contribution in [2.75, 3.05) is 35.6 Å². The van der Waals surface area contributed by atoms with Crippen LogP contribution in [0.3, 0.4) is 0 Å². The number of benzene rings is 5. The van der Waals surface area contributed by atoms with Gasteiger partial charge in [-0.2, -0.15) is 0 Å². The number of Topliss-reactive ketones (excluding diaryl/α,β-unsaturated/α-hetero) is 1. The van der Waals surface area contributed by atoms with Gasteiger partial charge in [-0.1, -0.05) is 42.5 Å². The maximum Gasteiger partial charge on any atom is 0.228 e. The van der Waals surface area contributed by atoms with Crippen LogP contribution in [0.5, 0.6) is 23.0 Å². The number of imidazole rings is 1. The Labute approximate surface area is 404 Å². The number of carbonyl (C=O) groups is 3. The zero-order valence-electron chi connectivity index (χ0n) is 37.0. The van der Waals surface area contributed by atoms with Crippen LogP contribution in [0.2, 0.25) is 0 Å². The van der Waals surface area contributed by atoms with Gasteiger partial charge in [0.15, 0.2) is 34.1 Å². The molecule has 1 saturated heterocycles. The molecule has 10 rings (SSSR count). The maximum absolute atomic E-state index is 13.7. The Morgan fingerprint density at radius 2 is 1.36 bits per heavy atom. The molecule has 1 fully saturated rings. The third-order valence-electron chi connectivity index (χ3n) is 12.6. The number of ether oxygens (including phenoxy) is 2. The fourth-order valence-corrected chi connectivity index (χ4v) is 9.50. The molecule has 1 spiro atoms. The number of thiocarbonyl (C=S) groups is 1. The van der Waals surface area contributed by atoms with Crippen molar-refractivity contribution in [3.8, 4) is 23.0 Å². The quantitative estimate of drug-likeness (QED) is 0.0565. The lowest BCUT2D eigenvalue weighted by molar-refractivity contribution is -0.120. The molecule has 20 heteroatoms. The molecule has 7 aromatic rings. The van der Waals surface area contributed by atoms with Crippen LogP contribution in [0.15, 0.2) is 116 Å². The molecule has 5 aromatic carbocycles. The molecule has 4 atom stereocenters. The largest absolute Gasteiger partial charge is 0.508 e. The van der Waals surface area contributed by atoms with Crippen LogP contribution in [-0.2, 0) is 32.6 Å². The van der Waals surface area contributed by atoms with Gasteiger partial charge >= 0.3 is 0 Å². The lowest BCUT2D eigenvalue weighted by atomic mass is 9.68. The standard InChI is InChI=1S/C50H45N9O10S/c60-23-40-44(66)45(67)48(69-40)59-25-55-43-46(53-24-54-47(43)59)57-29-7-3-27(4-8-29)18-42(65)56-28-5-1-26(2-6-28)17-41(64)51-15-16-52-49(70)58-30-9-12-34-33(19-30)37(63)22-50(34)35-13-10-31(61)20-38(35)68-39-21-32(62)11-14-36(39)50/h1-14,19-21,24-25,40,44-45,48,60-62,66-67H,15-18,22-23H2,(H,51,64)(H,56,65)(H2,52,58,70)(H,53,54,57)/t40-,44-,45-,48?/m1/s1. The van der Waals surface area contributed by atoms with Crippen LogP contribution in [0.4, 0.5) is 22.9 Å². The highest BCUT2D eigenvalue weighted by Gasteiger charge is 2.51. The molecule has 10 N–H and O–H groups in total. The van der Waals surface area contributed by atoms with E-state index < -0.39 is 36.6 Å². The summed E-state index contributed by atoms with van der Waals surface area (Å²) in [5.41, 5.74) is 6.00. The second-order valence-electron chi connectivity index (χ2n) is 17.2. The number of aromatic hydroxyl groups is 2. The number of phenolic OH excluding ortho intramolecular Hbond substituents is 2. The highest BCUT2D eigenvalue weighted by molar-refractivity contribution is 7.80. The number of nitrogens with zero attached hydrogens (tertiary/aromatic N) is 4. The minimum Gasteiger partial charge on any atom is -0.508 e. The van der Waals surface area contributed by atoms with Gasteiger partial charge in [-0.25, -0.2) is 15.0 Å². The van der Waals surface area contributed by atoms with E-state index in [1.165, 1.54) is 29.4 Å². The fourth-order valence-electron chi connectivity index (χ4n) is 9.28. The fraction of sp³-hybridized carbons (Fsp3) is 0.220. The molecule has 70 heavy (non-hydrogen) atoms. The van der Waals surface area contributed by atoms with E-state index in [1.807, 2.05) is 12.1 Å². The first-order chi connectivity index (χ1) is 33.9. The topological polar surface area (TPSA) is 275 Å². The summed E-state index contributed by atoms with van der Waals surface area (Å²) in [6.07, 6.45) is -1.40. The van der Waals surface area contributed by atoms with E-state index in [9.17, 15) is 39.9 Å². The molecule has 1 unspecified atom stereocenters. The number of aromatic nitrogens is 4. The summed E-state index contributed by atoms with van der Waals surface area (Å²) in [4.78, 5) is 52.4. The number of anilines is 4. The van der Waals surface area contributed by atoms with Gasteiger partial charge in [-0.15, -0.1) is 0 Å². The van der Waals surface area contributed by atoms with Crippen molar-refractivity contribution in [3.05, 3.63) is 149 Å². The summed E-state index contributed by atoms with van der Waals surface area (Å²) in [6.45, 7) is 0.169. The van der Waals surface area contributed by atoms with Crippen molar-refractivity contribution < 1.29 is 49.4 Å². The molecule has 2 amide bonds. The smallest absolute Gasteiger partial charge is 0.228 e. The van der Waals surface area contributed by atoms with Gasteiger partial charge in [0.25, 0.3) is 0 Å². The summed E-state index contributed by atoms with van der Waals surface area (Å²) in [7, 11) is 0. The van der Waals surface area contributed by atoms with E-state index in [0.717, 1.165) is 27.8 Å². The zero-order valence-corrected chi connectivity index (χ0v) is 37.8. The van der Waals surface area contributed by atoms with Gasteiger partial charge in [0.1, 0.15) is 47.6 Å². The van der Waals surface area contributed by atoms with Crippen molar-refractivity contribution in [2.45, 2.75) is 49.2 Å². The predicted molar refractivity (Wildman–Crippen MR) is 259 cm³/mol.